The average molecular weight is 354 g/mol. The molecule has 0 aliphatic rings. The fraction of sp³-hybridized carbons (Fsp3) is 0.105. The molecule has 0 radical (unpaired) electrons. The minimum Gasteiger partial charge on any atom is -0.345 e. The van der Waals surface area contributed by atoms with E-state index in [-0.39, 0.29) is 16.8 Å². The summed E-state index contributed by atoms with van der Waals surface area (Å²) >= 11 is 0. The third kappa shape index (κ3) is 3.70. The minimum atomic E-state index is -3.77. The quantitative estimate of drug-likeness (QED) is 0.755. The second kappa shape index (κ2) is 6.66. The first kappa shape index (κ1) is 17.1. The Kier molecular flexibility index (Phi) is 4.57. The van der Waals surface area contributed by atoms with Crippen LogP contribution in [0.5, 0.6) is 0 Å². The summed E-state index contributed by atoms with van der Waals surface area (Å²) in [6, 6.07) is 19.3. The second-order valence-electron chi connectivity index (χ2n) is 5.83. The van der Waals surface area contributed by atoms with Gasteiger partial charge in [-0.05, 0) is 47.5 Å². The Morgan fingerprint density at radius 2 is 1.60 bits per heavy atom. The van der Waals surface area contributed by atoms with E-state index in [1.165, 1.54) is 24.3 Å². The van der Waals surface area contributed by atoms with Crippen LogP contribution in [-0.4, -0.2) is 14.3 Å². The van der Waals surface area contributed by atoms with Gasteiger partial charge >= 0.3 is 0 Å². The van der Waals surface area contributed by atoms with E-state index in [9.17, 15) is 13.2 Å². The first-order valence-electron chi connectivity index (χ1n) is 7.77. The molecule has 0 saturated carbocycles. The van der Waals surface area contributed by atoms with Crippen molar-refractivity contribution in [3.63, 3.8) is 0 Å². The standard InChI is InChI=1S/C19H18N2O3S/c1-13(17-8-4-6-14-5-2-3-7-18(14)17)21-19(22)15-9-11-16(12-10-15)25(20,23)24/h2-13H,1H3,(H,21,22)(H2,20,23,24)/t13-/m0/s1. The average Bonchev–Trinajstić information content (AvgIpc) is 2.60. The normalized spacial score (nSPS) is 12.7. The molecule has 3 aromatic carbocycles. The van der Waals surface area contributed by atoms with Crippen LogP contribution in [0, 0.1) is 0 Å². The van der Waals surface area contributed by atoms with Crippen molar-refractivity contribution in [2.24, 2.45) is 5.14 Å². The van der Waals surface area contributed by atoms with Crippen molar-refractivity contribution in [3.05, 3.63) is 77.9 Å². The van der Waals surface area contributed by atoms with Crippen molar-refractivity contribution in [1.29, 1.82) is 0 Å². The summed E-state index contributed by atoms with van der Waals surface area (Å²) in [6.45, 7) is 1.92. The molecule has 1 atom stereocenters. The van der Waals surface area contributed by atoms with Gasteiger partial charge in [-0.2, -0.15) is 0 Å². The summed E-state index contributed by atoms with van der Waals surface area (Å²) in [5.41, 5.74) is 1.40. The number of carbonyl (C=O) groups is 1. The van der Waals surface area contributed by atoms with E-state index in [1.54, 1.807) is 0 Å². The molecule has 3 aromatic rings. The molecule has 128 valence electrons. The second-order valence-corrected chi connectivity index (χ2v) is 7.39. The minimum absolute atomic E-state index is 0.0221. The summed E-state index contributed by atoms with van der Waals surface area (Å²) in [4.78, 5) is 12.4. The van der Waals surface area contributed by atoms with Gasteiger partial charge in [-0.1, -0.05) is 42.5 Å². The molecule has 0 aliphatic heterocycles. The summed E-state index contributed by atoms with van der Waals surface area (Å²) in [5.74, 6) is -0.276. The smallest absolute Gasteiger partial charge is 0.251 e. The number of nitrogens with two attached hydrogens (primary N) is 1. The van der Waals surface area contributed by atoms with Gasteiger partial charge in [0.25, 0.3) is 5.91 Å². The molecule has 0 saturated heterocycles. The molecule has 3 N–H and O–H groups in total. The van der Waals surface area contributed by atoms with Gasteiger partial charge in [-0.3, -0.25) is 4.79 Å². The van der Waals surface area contributed by atoms with Crippen molar-refractivity contribution >= 4 is 26.7 Å². The van der Waals surface area contributed by atoms with E-state index in [0.29, 0.717) is 5.56 Å². The fourth-order valence-corrected chi connectivity index (χ4v) is 3.30. The molecule has 0 aromatic heterocycles. The highest BCUT2D eigenvalue weighted by atomic mass is 32.2. The number of fused-ring (bicyclic) bond motifs is 1. The number of amides is 1. The van der Waals surface area contributed by atoms with Crippen LogP contribution in [-0.2, 0) is 10.0 Å². The maximum atomic E-state index is 12.4. The molecule has 0 aliphatic carbocycles. The van der Waals surface area contributed by atoms with E-state index in [1.807, 2.05) is 49.4 Å². The Bertz CT molecular complexity index is 1020. The summed E-state index contributed by atoms with van der Waals surface area (Å²) in [5, 5.41) is 10.2. The maximum Gasteiger partial charge on any atom is 0.251 e. The highest BCUT2D eigenvalue weighted by Crippen LogP contribution is 2.24. The Labute approximate surface area is 146 Å². The Hall–Kier alpha value is -2.70. The van der Waals surface area contributed by atoms with E-state index in [2.05, 4.69) is 5.32 Å². The lowest BCUT2D eigenvalue weighted by atomic mass is 9.99. The number of sulfonamides is 1. The molecule has 3 rings (SSSR count). The molecule has 1 amide bonds. The van der Waals surface area contributed by atoms with Gasteiger partial charge in [-0.25, -0.2) is 13.6 Å². The van der Waals surface area contributed by atoms with Crippen LogP contribution < -0.4 is 10.5 Å². The largest absolute Gasteiger partial charge is 0.345 e. The molecular formula is C19H18N2O3S. The zero-order valence-corrected chi connectivity index (χ0v) is 14.5. The Morgan fingerprint density at radius 1 is 0.960 bits per heavy atom. The van der Waals surface area contributed by atoms with Crippen molar-refractivity contribution in [2.45, 2.75) is 17.9 Å². The van der Waals surface area contributed by atoms with Gasteiger partial charge in [0.1, 0.15) is 0 Å². The Morgan fingerprint density at radius 3 is 2.28 bits per heavy atom. The SMILES string of the molecule is C[C@H](NC(=O)c1ccc(S(N)(=O)=O)cc1)c1cccc2ccccc12. The number of hydrogen-bond acceptors (Lipinski definition) is 3. The zero-order valence-electron chi connectivity index (χ0n) is 13.6. The Balaban J connectivity index is 1.82. The van der Waals surface area contributed by atoms with Crippen LogP contribution in [0.15, 0.2) is 71.6 Å². The zero-order chi connectivity index (χ0) is 18.0. The first-order chi connectivity index (χ1) is 11.9. The maximum absolute atomic E-state index is 12.4. The van der Waals surface area contributed by atoms with Gasteiger partial charge in [0.05, 0.1) is 10.9 Å². The third-order valence-corrected chi connectivity index (χ3v) is 5.01. The van der Waals surface area contributed by atoms with Crippen molar-refractivity contribution in [1.82, 2.24) is 5.32 Å². The highest BCUT2D eigenvalue weighted by molar-refractivity contribution is 7.89. The highest BCUT2D eigenvalue weighted by Gasteiger charge is 2.15. The van der Waals surface area contributed by atoms with Crippen LogP contribution in [0.3, 0.4) is 0 Å². The van der Waals surface area contributed by atoms with Crippen molar-refractivity contribution in [2.75, 3.05) is 0 Å². The summed E-state index contributed by atoms with van der Waals surface area (Å²) in [7, 11) is -3.77. The van der Waals surface area contributed by atoms with E-state index in [0.717, 1.165) is 16.3 Å². The molecule has 6 heteroatoms. The summed E-state index contributed by atoms with van der Waals surface area (Å²) < 4.78 is 22.6. The molecule has 0 heterocycles. The van der Waals surface area contributed by atoms with Crippen molar-refractivity contribution in [3.8, 4) is 0 Å². The molecule has 0 bridgehead atoms. The van der Waals surface area contributed by atoms with Crippen LogP contribution in [0.25, 0.3) is 10.8 Å². The number of benzene rings is 3. The lowest BCUT2D eigenvalue weighted by Crippen LogP contribution is -2.26. The molecule has 5 nitrogen and oxygen atoms in total. The molecular weight excluding hydrogens is 336 g/mol. The number of nitrogens with one attached hydrogen (secondary N) is 1. The molecule has 25 heavy (non-hydrogen) atoms. The predicted octanol–water partition coefficient (Wildman–Crippen LogP) is 2.98. The number of rotatable bonds is 4. The molecule has 0 spiro atoms. The fourth-order valence-electron chi connectivity index (χ4n) is 2.78. The van der Waals surface area contributed by atoms with Crippen LogP contribution in [0.4, 0.5) is 0 Å². The van der Waals surface area contributed by atoms with Gasteiger partial charge < -0.3 is 5.32 Å². The number of hydrogen-bond donors (Lipinski definition) is 2. The van der Waals surface area contributed by atoms with Crippen LogP contribution in [0.2, 0.25) is 0 Å². The van der Waals surface area contributed by atoms with Crippen molar-refractivity contribution < 1.29 is 13.2 Å². The summed E-state index contributed by atoms with van der Waals surface area (Å²) in [6.07, 6.45) is 0. The van der Waals surface area contributed by atoms with E-state index >= 15 is 0 Å². The number of carbonyl (C=O) groups excluding carboxylic acids is 1. The topological polar surface area (TPSA) is 89.3 Å². The van der Waals surface area contributed by atoms with Gasteiger partial charge in [0.15, 0.2) is 0 Å². The third-order valence-electron chi connectivity index (χ3n) is 4.08. The lowest BCUT2D eigenvalue weighted by molar-refractivity contribution is 0.0940. The number of primary sulfonamides is 1. The lowest BCUT2D eigenvalue weighted by Gasteiger charge is -2.17. The molecule has 0 unspecified atom stereocenters. The molecule has 0 fully saturated rings. The van der Waals surface area contributed by atoms with E-state index in [4.69, 9.17) is 5.14 Å². The first-order valence-corrected chi connectivity index (χ1v) is 9.32. The van der Waals surface area contributed by atoms with E-state index < -0.39 is 10.0 Å². The monoisotopic (exact) mass is 354 g/mol. The predicted molar refractivity (Wildman–Crippen MR) is 97.6 cm³/mol. The van der Waals surface area contributed by atoms with Gasteiger partial charge in [0, 0.05) is 5.56 Å². The van der Waals surface area contributed by atoms with Gasteiger partial charge in [-0.15, -0.1) is 0 Å². The van der Waals surface area contributed by atoms with Gasteiger partial charge in [0.2, 0.25) is 10.0 Å². The van der Waals surface area contributed by atoms with Crippen LogP contribution in [0.1, 0.15) is 28.9 Å². The van der Waals surface area contributed by atoms with Crippen LogP contribution >= 0.6 is 0 Å².